The molecule has 0 radical (unpaired) electrons. The summed E-state index contributed by atoms with van der Waals surface area (Å²) >= 11 is 0. The van der Waals surface area contributed by atoms with Crippen molar-refractivity contribution in [1.82, 2.24) is 19.9 Å². The van der Waals surface area contributed by atoms with E-state index < -0.39 is 21.9 Å². The van der Waals surface area contributed by atoms with Crippen molar-refractivity contribution >= 4 is 38.4 Å². The number of hydrogen-bond acceptors (Lipinski definition) is 6. The standard InChI is InChI=1S/C22H20FN7O2S/c1-12-7-15-16(10-26-21(15)25-9-12)20-19(24-3)11-27-22(29-20)28-13(2)14-5-6-18(17(23)8-14)30-33(4,31)32/h5-11,13,30H,1-2,4H3,(H,25,26)(H,27,28,29)/t13-/m1/s1. The first-order chi connectivity index (χ1) is 15.6. The highest BCUT2D eigenvalue weighted by molar-refractivity contribution is 7.92. The number of sulfonamides is 1. The number of nitrogens with zero attached hydrogens (tertiary/aromatic N) is 4. The molecule has 168 valence electrons. The van der Waals surface area contributed by atoms with E-state index in [0.29, 0.717) is 16.9 Å². The molecule has 4 aromatic rings. The SMILES string of the molecule is [C-]#[N+]c1cnc(N[C@H](C)c2ccc(NS(C)(=O)=O)c(F)c2)nc1-c1c[nH]c2ncc(C)cc12. The second kappa shape index (κ2) is 8.48. The maximum absolute atomic E-state index is 14.4. The minimum Gasteiger partial charge on any atom is -0.348 e. The van der Waals surface area contributed by atoms with Crippen molar-refractivity contribution < 1.29 is 12.8 Å². The number of hydrogen-bond donors (Lipinski definition) is 3. The van der Waals surface area contributed by atoms with Gasteiger partial charge in [-0.25, -0.2) is 32.6 Å². The van der Waals surface area contributed by atoms with E-state index in [-0.39, 0.29) is 17.3 Å². The van der Waals surface area contributed by atoms with Crippen molar-refractivity contribution in [2.24, 2.45) is 0 Å². The summed E-state index contributed by atoms with van der Waals surface area (Å²) in [6, 6.07) is 5.78. The normalized spacial score (nSPS) is 12.3. The summed E-state index contributed by atoms with van der Waals surface area (Å²) < 4.78 is 39.2. The number of halogens is 1. The first kappa shape index (κ1) is 22.2. The zero-order valence-electron chi connectivity index (χ0n) is 18.0. The molecule has 0 aliphatic rings. The summed E-state index contributed by atoms with van der Waals surface area (Å²) in [5, 5.41) is 3.95. The van der Waals surface area contributed by atoms with E-state index in [9.17, 15) is 12.8 Å². The van der Waals surface area contributed by atoms with Crippen LogP contribution in [0.2, 0.25) is 0 Å². The predicted octanol–water partition coefficient (Wildman–Crippen LogP) is 4.56. The highest BCUT2D eigenvalue weighted by atomic mass is 32.2. The number of nitrogens with one attached hydrogen (secondary N) is 3. The van der Waals surface area contributed by atoms with Crippen molar-refractivity contribution in [3.63, 3.8) is 0 Å². The number of aromatic amines is 1. The molecule has 3 aromatic heterocycles. The third-order valence-electron chi connectivity index (χ3n) is 4.95. The van der Waals surface area contributed by atoms with Crippen molar-refractivity contribution in [2.45, 2.75) is 19.9 Å². The summed E-state index contributed by atoms with van der Waals surface area (Å²) in [6.45, 7) is 11.2. The molecule has 1 atom stereocenters. The lowest BCUT2D eigenvalue weighted by Gasteiger charge is -2.16. The average molecular weight is 466 g/mol. The molecule has 4 rings (SSSR count). The van der Waals surface area contributed by atoms with Crippen LogP contribution >= 0.6 is 0 Å². The van der Waals surface area contributed by atoms with Gasteiger partial charge in [0, 0.05) is 29.5 Å². The summed E-state index contributed by atoms with van der Waals surface area (Å²) in [4.78, 5) is 19.8. The number of benzene rings is 1. The van der Waals surface area contributed by atoms with Gasteiger partial charge in [-0.05, 0) is 43.2 Å². The Labute approximate surface area is 190 Å². The molecule has 33 heavy (non-hydrogen) atoms. The molecule has 0 unspecified atom stereocenters. The highest BCUT2D eigenvalue weighted by Crippen LogP contribution is 2.34. The summed E-state index contributed by atoms with van der Waals surface area (Å²) in [5.74, 6) is -0.434. The Morgan fingerprint density at radius 2 is 2.00 bits per heavy atom. The van der Waals surface area contributed by atoms with Crippen LogP contribution in [0, 0.1) is 19.3 Å². The molecule has 1 aromatic carbocycles. The quantitative estimate of drug-likeness (QED) is 0.359. The van der Waals surface area contributed by atoms with Gasteiger partial charge in [0.25, 0.3) is 0 Å². The molecule has 0 spiro atoms. The largest absolute Gasteiger partial charge is 0.348 e. The van der Waals surface area contributed by atoms with Crippen LogP contribution in [0.15, 0.2) is 42.9 Å². The maximum atomic E-state index is 14.4. The van der Waals surface area contributed by atoms with Gasteiger partial charge in [0.1, 0.15) is 11.5 Å². The lowest BCUT2D eigenvalue weighted by molar-refractivity contribution is 0.603. The molecule has 0 bridgehead atoms. The van der Waals surface area contributed by atoms with Crippen molar-refractivity contribution in [1.29, 1.82) is 0 Å². The van der Waals surface area contributed by atoms with E-state index in [2.05, 4.69) is 34.8 Å². The lowest BCUT2D eigenvalue weighted by atomic mass is 10.1. The Hall–Kier alpha value is -4.04. The van der Waals surface area contributed by atoms with Crippen molar-refractivity contribution in [3.8, 4) is 11.3 Å². The van der Waals surface area contributed by atoms with Gasteiger partial charge in [-0.15, -0.1) is 0 Å². The first-order valence-electron chi connectivity index (χ1n) is 9.87. The van der Waals surface area contributed by atoms with Gasteiger partial charge >= 0.3 is 0 Å². The van der Waals surface area contributed by atoms with Gasteiger partial charge in [-0.1, -0.05) is 6.07 Å². The molecule has 0 aliphatic heterocycles. The van der Waals surface area contributed by atoms with Crippen LogP contribution in [0.3, 0.4) is 0 Å². The topological polar surface area (TPSA) is 117 Å². The number of anilines is 2. The molecule has 0 fully saturated rings. The Bertz CT molecular complexity index is 1510. The summed E-state index contributed by atoms with van der Waals surface area (Å²) in [7, 11) is -3.59. The van der Waals surface area contributed by atoms with Gasteiger partial charge < -0.3 is 10.3 Å². The Morgan fingerprint density at radius 1 is 1.21 bits per heavy atom. The van der Waals surface area contributed by atoms with Crippen LogP contribution in [0.1, 0.15) is 24.1 Å². The number of aryl methyl sites for hydroxylation is 1. The van der Waals surface area contributed by atoms with Gasteiger partial charge in [-0.3, -0.25) is 4.72 Å². The highest BCUT2D eigenvalue weighted by Gasteiger charge is 2.17. The molecule has 0 amide bonds. The number of fused-ring (bicyclic) bond motifs is 1. The minimum atomic E-state index is -3.59. The molecule has 3 N–H and O–H groups in total. The molecule has 0 saturated heterocycles. The fraction of sp³-hybridized carbons (Fsp3) is 0.182. The third kappa shape index (κ3) is 4.75. The van der Waals surface area contributed by atoms with E-state index in [0.717, 1.165) is 22.8 Å². The van der Waals surface area contributed by atoms with E-state index in [1.54, 1.807) is 25.4 Å². The Morgan fingerprint density at radius 3 is 2.70 bits per heavy atom. The summed E-state index contributed by atoms with van der Waals surface area (Å²) in [6.07, 6.45) is 5.90. The maximum Gasteiger partial charge on any atom is 0.231 e. The van der Waals surface area contributed by atoms with Crippen LogP contribution in [-0.4, -0.2) is 34.6 Å². The molecule has 0 saturated carbocycles. The molecular weight excluding hydrogens is 445 g/mol. The molecule has 3 heterocycles. The first-order valence-corrected chi connectivity index (χ1v) is 11.8. The molecule has 11 heteroatoms. The third-order valence-corrected chi connectivity index (χ3v) is 5.54. The minimum absolute atomic E-state index is 0.128. The van der Waals surface area contributed by atoms with Gasteiger partial charge in [0.05, 0.1) is 30.3 Å². The van der Waals surface area contributed by atoms with E-state index in [4.69, 9.17) is 6.57 Å². The molecule has 0 aliphatic carbocycles. The second-order valence-corrected chi connectivity index (χ2v) is 9.38. The van der Waals surface area contributed by atoms with Crippen LogP contribution in [0.5, 0.6) is 0 Å². The van der Waals surface area contributed by atoms with Crippen molar-refractivity contribution in [3.05, 3.63) is 71.2 Å². The molecule has 9 nitrogen and oxygen atoms in total. The number of pyridine rings is 1. The number of aromatic nitrogens is 4. The Kier molecular flexibility index (Phi) is 5.69. The zero-order valence-corrected chi connectivity index (χ0v) is 18.8. The zero-order chi connectivity index (χ0) is 23.8. The lowest BCUT2D eigenvalue weighted by Crippen LogP contribution is -2.13. The van der Waals surface area contributed by atoms with Crippen LogP contribution in [0.25, 0.3) is 27.1 Å². The smallest absolute Gasteiger partial charge is 0.231 e. The predicted molar refractivity (Wildman–Crippen MR) is 125 cm³/mol. The fourth-order valence-electron chi connectivity index (χ4n) is 3.39. The number of H-pyrrole nitrogens is 1. The number of rotatable bonds is 6. The van der Waals surface area contributed by atoms with Crippen LogP contribution in [-0.2, 0) is 10.0 Å². The summed E-state index contributed by atoms with van der Waals surface area (Å²) in [5.41, 5.74) is 3.57. The monoisotopic (exact) mass is 465 g/mol. The van der Waals surface area contributed by atoms with Crippen LogP contribution in [0.4, 0.5) is 21.7 Å². The van der Waals surface area contributed by atoms with Gasteiger partial charge in [0.2, 0.25) is 21.7 Å². The van der Waals surface area contributed by atoms with Gasteiger partial charge in [0.15, 0.2) is 0 Å². The van der Waals surface area contributed by atoms with Crippen molar-refractivity contribution in [2.75, 3.05) is 16.3 Å². The van der Waals surface area contributed by atoms with E-state index in [1.807, 2.05) is 13.0 Å². The second-order valence-electron chi connectivity index (χ2n) is 7.63. The van der Waals surface area contributed by atoms with Gasteiger partial charge in [-0.2, -0.15) is 0 Å². The molecular formula is C22H20FN7O2S. The van der Waals surface area contributed by atoms with Crippen LogP contribution < -0.4 is 10.0 Å². The van der Waals surface area contributed by atoms with E-state index in [1.165, 1.54) is 18.3 Å². The van der Waals surface area contributed by atoms with E-state index >= 15 is 0 Å². The fourth-order valence-corrected chi connectivity index (χ4v) is 3.95. The average Bonchev–Trinajstić information content (AvgIpc) is 3.17. The Balaban J connectivity index is 1.65.